The summed E-state index contributed by atoms with van der Waals surface area (Å²) in [6.45, 7) is 31.2. The van der Waals surface area contributed by atoms with Gasteiger partial charge in [0, 0.05) is 0 Å². The molecule has 0 aliphatic heterocycles. The smallest absolute Gasteiger partial charge is 0.101 e. The van der Waals surface area contributed by atoms with Crippen LogP contribution in [0.1, 0.15) is 158 Å². The van der Waals surface area contributed by atoms with Gasteiger partial charge in [-0.25, -0.2) is 0 Å². The first kappa shape index (κ1) is 52.8. The summed E-state index contributed by atoms with van der Waals surface area (Å²) in [4.78, 5) is 25.6. The highest BCUT2D eigenvalue weighted by molar-refractivity contribution is 7.40. The lowest BCUT2D eigenvalue weighted by molar-refractivity contribution is -0.929. The van der Waals surface area contributed by atoms with Crippen molar-refractivity contribution in [1.29, 1.82) is 0 Å². The van der Waals surface area contributed by atoms with Gasteiger partial charge >= 0.3 is 0 Å². The standard InChI is InChI=1S/2C16H36N.C5H14NO.H3O4P/c2*1-5-9-13-17(14-10-6-2,15-11-7-3)16-12-8-4;1-6(2,3)4-5-7;1-5(2,3)4/h2*5-16H2,1-4H3;7H,4-5H2,1-3H3;(H3,1,2,3,4)/q3*+1;/p-3. The molecule has 8 nitrogen and oxygen atoms in total. The SMILES string of the molecule is CCCC[N+](CCCC)(CCCC)CCCC.CCCC[N+](CCCC)(CCCC)CCCC.C[N+](C)(C)CCO.O=P([O-])([O-])[O-]. The molecule has 9 heteroatoms. The van der Waals surface area contributed by atoms with Crippen molar-refractivity contribution in [2.45, 2.75) is 158 Å². The van der Waals surface area contributed by atoms with Gasteiger partial charge < -0.3 is 37.8 Å². The van der Waals surface area contributed by atoms with Gasteiger partial charge in [-0.05, 0) is 51.4 Å². The Morgan fingerprint density at radius 3 is 0.630 bits per heavy atom. The Bertz CT molecular complexity index is 522. The Kier molecular flexibility index (Phi) is 39.9. The molecule has 0 saturated carbocycles. The molecule has 0 saturated heterocycles. The number of likely N-dealkylation sites (N-methyl/N-ethyl adjacent to an activating group) is 1. The van der Waals surface area contributed by atoms with E-state index < -0.39 is 7.82 Å². The normalized spacial score (nSPS) is 12.0. The van der Waals surface area contributed by atoms with Gasteiger partial charge in [0.1, 0.15) is 6.54 Å². The van der Waals surface area contributed by atoms with Crippen LogP contribution in [0, 0.1) is 0 Å². The van der Waals surface area contributed by atoms with Gasteiger partial charge in [0.25, 0.3) is 0 Å². The van der Waals surface area contributed by atoms with E-state index in [0.717, 1.165) is 11.0 Å². The second-order valence-electron chi connectivity index (χ2n) is 14.5. The van der Waals surface area contributed by atoms with Gasteiger partial charge in [-0.3, -0.25) is 0 Å². The van der Waals surface area contributed by atoms with Gasteiger partial charge in [-0.15, -0.1) is 0 Å². The molecule has 0 rings (SSSR count). The lowest BCUT2D eigenvalue weighted by Gasteiger charge is -2.39. The molecule has 0 fully saturated rings. The van der Waals surface area contributed by atoms with Crippen LogP contribution in [0.4, 0.5) is 0 Å². The minimum atomic E-state index is -5.39. The Hall–Kier alpha value is -0.0500. The molecule has 284 valence electrons. The van der Waals surface area contributed by atoms with Crippen LogP contribution in [-0.2, 0) is 4.57 Å². The molecule has 0 aliphatic rings. The first-order chi connectivity index (χ1) is 21.5. The van der Waals surface area contributed by atoms with Crippen molar-refractivity contribution in [1.82, 2.24) is 0 Å². The van der Waals surface area contributed by atoms with E-state index in [1.54, 1.807) is 0 Å². The summed E-state index contributed by atoms with van der Waals surface area (Å²) in [5.74, 6) is 0. The second kappa shape index (κ2) is 34.8. The first-order valence-corrected chi connectivity index (χ1v) is 20.9. The molecule has 0 radical (unpaired) electrons. The van der Waals surface area contributed by atoms with E-state index >= 15 is 0 Å². The number of hydrogen-bond donors (Lipinski definition) is 1. The number of quaternary nitrogens is 3. The fourth-order valence-corrected chi connectivity index (χ4v) is 5.59. The molecule has 0 aromatic rings. The average Bonchev–Trinajstić information content (AvgIpc) is 2.99. The number of nitrogens with zero attached hydrogens (tertiary/aromatic N) is 3. The summed E-state index contributed by atoms with van der Waals surface area (Å²) in [6.07, 6.45) is 22.1. The number of aliphatic hydroxyl groups is 1. The van der Waals surface area contributed by atoms with Gasteiger partial charge in [0.15, 0.2) is 0 Å². The molecule has 0 unspecified atom stereocenters. The largest absolute Gasteiger partial charge is 0.822 e. The minimum Gasteiger partial charge on any atom is -0.822 e. The number of aliphatic hydroxyl groups excluding tert-OH is 1. The summed E-state index contributed by atoms with van der Waals surface area (Å²) in [7, 11) is 0.767. The molecular formula is C37H86N3O5P. The van der Waals surface area contributed by atoms with E-state index in [0.29, 0.717) is 0 Å². The molecule has 0 aromatic carbocycles. The van der Waals surface area contributed by atoms with Crippen LogP contribution in [0.25, 0.3) is 0 Å². The fraction of sp³-hybridized carbons (Fsp3) is 1.00. The molecule has 0 aromatic heterocycles. The van der Waals surface area contributed by atoms with Crippen molar-refractivity contribution in [2.75, 3.05) is 86.7 Å². The highest BCUT2D eigenvalue weighted by Gasteiger charge is 2.25. The predicted octanol–water partition coefficient (Wildman–Crippen LogP) is 6.87. The maximum atomic E-state index is 8.55. The molecule has 0 atom stereocenters. The molecule has 0 amide bonds. The third-order valence-corrected chi connectivity index (χ3v) is 8.66. The third kappa shape index (κ3) is 42.0. The lowest BCUT2D eigenvalue weighted by Crippen LogP contribution is -2.50. The lowest BCUT2D eigenvalue weighted by atomic mass is 10.1. The maximum Gasteiger partial charge on any atom is 0.101 e. The van der Waals surface area contributed by atoms with Crippen molar-refractivity contribution in [3.63, 3.8) is 0 Å². The van der Waals surface area contributed by atoms with Gasteiger partial charge in [-0.1, -0.05) is 107 Å². The van der Waals surface area contributed by atoms with Crippen molar-refractivity contribution < 1.29 is 37.8 Å². The highest BCUT2D eigenvalue weighted by Crippen LogP contribution is 2.17. The van der Waals surface area contributed by atoms with E-state index in [4.69, 9.17) is 24.4 Å². The Balaban J connectivity index is -0.000000285. The monoisotopic (exact) mass is 684 g/mol. The van der Waals surface area contributed by atoms with Crippen molar-refractivity contribution in [3.8, 4) is 0 Å². The quantitative estimate of drug-likeness (QED) is 0.0792. The molecule has 0 aliphatic carbocycles. The summed E-state index contributed by atoms with van der Waals surface area (Å²) in [5, 5.41) is 8.39. The molecule has 1 N–H and O–H groups in total. The van der Waals surface area contributed by atoms with Crippen molar-refractivity contribution in [2.24, 2.45) is 0 Å². The number of phosphoric acid groups is 1. The van der Waals surface area contributed by atoms with Crippen LogP contribution in [0.15, 0.2) is 0 Å². The maximum absolute atomic E-state index is 8.55. The Labute approximate surface area is 290 Å². The topological polar surface area (TPSA) is 106 Å². The summed E-state index contributed by atoms with van der Waals surface area (Å²) < 4.78 is 12.2. The van der Waals surface area contributed by atoms with Crippen LogP contribution in [0.3, 0.4) is 0 Å². The second-order valence-corrected chi connectivity index (χ2v) is 15.4. The van der Waals surface area contributed by atoms with Crippen LogP contribution in [0.2, 0.25) is 0 Å². The fourth-order valence-electron chi connectivity index (χ4n) is 5.59. The molecule has 0 bridgehead atoms. The summed E-state index contributed by atoms with van der Waals surface area (Å²) >= 11 is 0. The van der Waals surface area contributed by atoms with Gasteiger partial charge in [0.05, 0.1) is 80.1 Å². The van der Waals surface area contributed by atoms with E-state index in [1.165, 1.54) is 164 Å². The average molecular weight is 684 g/mol. The van der Waals surface area contributed by atoms with Crippen LogP contribution in [-0.4, -0.2) is 105 Å². The summed E-state index contributed by atoms with van der Waals surface area (Å²) in [5.41, 5.74) is 0. The summed E-state index contributed by atoms with van der Waals surface area (Å²) in [6, 6.07) is 0. The molecule has 0 spiro atoms. The third-order valence-electron chi connectivity index (χ3n) is 8.66. The van der Waals surface area contributed by atoms with Crippen LogP contribution < -0.4 is 14.7 Å². The zero-order valence-corrected chi connectivity index (χ0v) is 34.1. The number of rotatable bonds is 26. The van der Waals surface area contributed by atoms with E-state index in [2.05, 4.69) is 76.5 Å². The highest BCUT2D eigenvalue weighted by atomic mass is 31.2. The van der Waals surface area contributed by atoms with Crippen molar-refractivity contribution >= 4 is 7.82 Å². The number of hydrogen-bond acceptors (Lipinski definition) is 5. The molecule has 46 heavy (non-hydrogen) atoms. The molecule has 0 heterocycles. The Morgan fingerprint density at radius 2 is 0.565 bits per heavy atom. The molecular weight excluding hydrogens is 597 g/mol. The van der Waals surface area contributed by atoms with Crippen molar-refractivity contribution in [3.05, 3.63) is 0 Å². The van der Waals surface area contributed by atoms with E-state index in [9.17, 15) is 0 Å². The zero-order valence-electron chi connectivity index (χ0n) is 33.3. The van der Waals surface area contributed by atoms with Crippen LogP contribution >= 0.6 is 7.82 Å². The van der Waals surface area contributed by atoms with Gasteiger partial charge in [-0.2, -0.15) is 7.82 Å². The van der Waals surface area contributed by atoms with Crippen LogP contribution in [0.5, 0.6) is 0 Å². The minimum absolute atomic E-state index is 0.281. The van der Waals surface area contributed by atoms with E-state index in [-0.39, 0.29) is 6.61 Å². The predicted molar refractivity (Wildman–Crippen MR) is 196 cm³/mol. The Morgan fingerprint density at radius 1 is 0.413 bits per heavy atom. The zero-order chi connectivity index (χ0) is 36.4. The number of unbranched alkanes of at least 4 members (excludes halogenated alkanes) is 8. The van der Waals surface area contributed by atoms with E-state index in [1.807, 2.05) is 0 Å². The van der Waals surface area contributed by atoms with Gasteiger partial charge in [0.2, 0.25) is 0 Å². The first-order valence-electron chi connectivity index (χ1n) is 19.4.